The van der Waals surface area contributed by atoms with E-state index in [0.717, 1.165) is 67.4 Å². The number of unbranched alkanes of at least 4 members (excludes halogenated alkanes) is 10. The van der Waals surface area contributed by atoms with Crippen LogP contribution in [0.5, 0.6) is 11.5 Å². The second-order valence-electron chi connectivity index (χ2n) is 12.0. The van der Waals surface area contributed by atoms with E-state index in [9.17, 15) is 19.2 Å². The Bertz CT molecular complexity index is 1410. The Hall–Kier alpha value is -5.12. The number of hydrogen-bond donors (Lipinski definition) is 0. The SMILES string of the molecule is C=CC(=O)OCCCCCCCCCCCCOc1ccc(C=CC(=O)OC)cc1.C=CC(=O)OCCCCOc1ccc(C=C(C)C(=O)OC)cc1. The third-order valence-electron chi connectivity index (χ3n) is 7.70. The first-order chi connectivity index (χ1) is 25.7. The van der Waals surface area contributed by atoms with Crippen LogP contribution in [-0.4, -0.2) is 64.5 Å². The number of methoxy groups -OCH3 is 2. The molecule has 0 saturated carbocycles. The molecule has 0 spiro atoms. The van der Waals surface area contributed by atoms with E-state index in [4.69, 9.17) is 18.9 Å². The van der Waals surface area contributed by atoms with E-state index in [1.165, 1.54) is 71.3 Å². The molecular formula is C43H58O10. The van der Waals surface area contributed by atoms with Crippen molar-refractivity contribution in [2.45, 2.75) is 84.0 Å². The van der Waals surface area contributed by atoms with Gasteiger partial charge in [-0.1, -0.05) is 88.8 Å². The number of carbonyl (C=O) groups is 4. The number of hydrogen-bond acceptors (Lipinski definition) is 10. The Balaban J connectivity index is 0.000000549. The molecule has 2 aromatic carbocycles. The first-order valence-corrected chi connectivity index (χ1v) is 18.3. The minimum atomic E-state index is -0.406. The summed E-state index contributed by atoms with van der Waals surface area (Å²) >= 11 is 0. The molecule has 10 heteroatoms. The lowest BCUT2D eigenvalue weighted by Crippen LogP contribution is -2.04. The summed E-state index contributed by atoms with van der Waals surface area (Å²) in [5, 5.41) is 0. The summed E-state index contributed by atoms with van der Waals surface area (Å²) in [5.41, 5.74) is 2.37. The van der Waals surface area contributed by atoms with Crippen molar-refractivity contribution in [3.63, 3.8) is 0 Å². The Morgan fingerprint density at radius 3 is 1.36 bits per heavy atom. The van der Waals surface area contributed by atoms with Crippen LogP contribution >= 0.6 is 0 Å². The van der Waals surface area contributed by atoms with E-state index in [1.807, 2.05) is 48.5 Å². The van der Waals surface area contributed by atoms with Crippen LogP contribution in [0, 0.1) is 0 Å². The molecule has 0 unspecified atom stereocenters. The normalized spacial score (nSPS) is 10.7. The summed E-state index contributed by atoms with van der Waals surface area (Å²) in [4.78, 5) is 44.1. The Kier molecular flexibility index (Phi) is 26.4. The van der Waals surface area contributed by atoms with Gasteiger partial charge in [0.2, 0.25) is 0 Å². The van der Waals surface area contributed by atoms with Gasteiger partial charge in [0.05, 0.1) is 40.6 Å². The second kappa shape index (κ2) is 30.5. The van der Waals surface area contributed by atoms with Gasteiger partial charge in [0.25, 0.3) is 0 Å². The standard InChI is InChI=1S/C25H36O5.C18H22O5/c1-3-24(26)30-21-13-11-9-7-5-4-6-8-10-12-20-29-23-17-14-22(15-18-23)16-19-25(27)28-2;1-4-17(19)23-12-6-5-11-22-16-9-7-15(8-10-16)13-14(2)18(20)21-3/h3,14-19H,1,4-13,20-21H2,2H3;4,7-10,13H,1,5-6,11-12H2,2-3H3. The van der Waals surface area contributed by atoms with Crippen molar-refractivity contribution in [3.05, 3.63) is 96.6 Å². The van der Waals surface area contributed by atoms with Gasteiger partial charge in [-0.05, 0) is 80.2 Å². The molecule has 0 aliphatic carbocycles. The van der Waals surface area contributed by atoms with Crippen LogP contribution in [0.3, 0.4) is 0 Å². The molecule has 2 rings (SSSR count). The summed E-state index contributed by atoms with van der Waals surface area (Å²) in [7, 11) is 2.72. The van der Waals surface area contributed by atoms with E-state index >= 15 is 0 Å². The predicted molar refractivity (Wildman–Crippen MR) is 208 cm³/mol. The van der Waals surface area contributed by atoms with Gasteiger partial charge in [-0.15, -0.1) is 0 Å². The number of benzene rings is 2. The van der Waals surface area contributed by atoms with Crippen LogP contribution in [0.4, 0.5) is 0 Å². The fourth-order valence-corrected chi connectivity index (χ4v) is 4.70. The number of esters is 4. The van der Waals surface area contributed by atoms with Crippen molar-refractivity contribution < 1.29 is 47.6 Å². The quantitative estimate of drug-likeness (QED) is 0.0400. The summed E-state index contributed by atoms with van der Waals surface area (Å²) in [6.07, 6.45) is 20.6. The first kappa shape index (κ1) is 45.9. The van der Waals surface area contributed by atoms with Gasteiger partial charge in [0, 0.05) is 23.8 Å². The summed E-state index contributed by atoms with van der Waals surface area (Å²) in [6.45, 7) is 10.5. The molecule has 10 nitrogen and oxygen atoms in total. The van der Waals surface area contributed by atoms with Gasteiger partial charge < -0.3 is 28.4 Å². The zero-order valence-corrected chi connectivity index (χ0v) is 31.8. The lowest BCUT2D eigenvalue weighted by molar-refractivity contribution is -0.138. The molecule has 0 aromatic heterocycles. The topological polar surface area (TPSA) is 124 Å². The first-order valence-electron chi connectivity index (χ1n) is 18.3. The maximum atomic E-state index is 11.3. The van der Waals surface area contributed by atoms with Crippen LogP contribution in [0.15, 0.2) is 85.5 Å². The van der Waals surface area contributed by atoms with Crippen LogP contribution < -0.4 is 9.47 Å². The van der Waals surface area contributed by atoms with Gasteiger partial charge in [-0.3, -0.25) is 0 Å². The van der Waals surface area contributed by atoms with Crippen molar-refractivity contribution in [2.24, 2.45) is 0 Å². The fraction of sp³-hybridized carbons (Fsp3) is 0.442. The molecular weight excluding hydrogens is 676 g/mol. The largest absolute Gasteiger partial charge is 0.494 e. The van der Waals surface area contributed by atoms with Gasteiger partial charge >= 0.3 is 23.9 Å². The van der Waals surface area contributed by atoms with Crippen molar-refractivity contribution in [3.8, 4) is 11.5 Å². The van der Waals surface area contributed by atoms with Gasteiger partial charge in [0.1, 0.15) is 11.5 Å². The van der Waals surface area contributed by atoms with Gasteiger partial charge in [0.15, 0.2) is 0 Å². The Morgan fingerprint density at radius 2 is 0.925 bits per heavy atom. The van der Waals surface area contributed by atoms with E-state index in [-0.39, 0.29) is 17.9 Å². The van der Waals surface area contributed by atoms with Crippen LogP contribution in [-0.2, 0) is 38.1 Å². The zero-order chi connectivity index (χ0) is 38.9. The molecule has 0 fully saturated rings. The highest BCUT2D eigenvalue weighted by Gasteiger charge is 2.03. The molecule has 0 heterocycles. The van der Waals surface area contributed by atoms with Crippen molar-refractivity contribution in [1.82, 2.24) is 0 Å². The van der Waals surface area contributed by atoms with Crippen molar-refractivity contribution in [1.29, 1.82) is 0 Å². The molecule has 0 amide bonds. The lowest BCUT2D eigenvalue weighted by Gasteiger charge is -2.07. The smallest absolute Gasteiger partial charge is 0.333 e. The lowest BCUT2D eigenvalue weighted by atomic mass is 10.1. The highest BCUT2D eigenvalue weighted by molar-refractivity contribution is 5.92. The van der Waals surface area contributed by atoms with Crippen LogP contribution in [0.2, 0.25) is 0 Å². The van der Waals surface area contributed by atoms with Gasteiger partial charge in [-0.25, -0.2) is 19.2 Å². The minimum absolute atomic E-state index is 0.330. The molecule has 53 heavy (non-hydrogen) atoms. The summed E-state index contributed by atoms with van der Waals surface area (Å²) in [5.74, 6) is 0.159. The highest BCUT2D eigenvalue weighted by atomic mass is 16.5. The third kappa shape index (κ3) is 24.7. The molecule has 2 aromatic rings. The van der Waals surface area contributed by atoms with E-state index in [1.54, 1.807) is 19.1 Å². The Labute approximate surface area is 315 Å². The highest BCUT2D eigenvalue weighted by Crippen LogP contribution is 2.17. The summed E-state index contributed by atoms with van der Waals surface area (Å²) < 4.78 is 30.4. The Morgan fingerprint density at radius 1 is 0.528 bits per heavy atom. The van der Waals surface area contributed by atoms with Crippen molar-refractivity contribution >= 4 is 36.0 Å². The molecule has 290 valence electrons. The van der Waals surface area contributed by atoms with E-state index < -0.39 is 5.97 Å². The average Bonchev–Trinajstić information content (AvgIpc) is 3.18. The average molecular weight is 735 g/mol. The number of carbonyl (C=O) groups excluding carboxylic acids is 4. The monoisotopic (exact) mass is 734 g/mol. The maximum Gasteiger partial charge on any atom is 0.333 e. The minimum Gasteiger partial charge on any atom is -0.494 e. The zero-order valence-electron chi connectivity index (χ0n) is 31.8. The fourth-order valence-electron chi connectivity index (χ4n) is 4.70. The van der Waals surface area contributed by atoms with Crippen LogP contribution in [0.25, 0.3) is 12.2 Å². The van der Waals surface area contributed by atoms with Crippen LogP contribution in [0.1, 0.15) is 95.1 Å². The van der Waals surface area contributed by atoms with E-state index in [2.05, 4.69) is 22.6 Å². The molecule has 0 bridgehead atoms. The predicted octanol–water partition coefficient (Wildman–Crippen LogP) is 9.03. The third-order valence-corrected chi connectivity index (χ3v) is 7.70. The van der Waals surface area contributed by atoms with Gasteiger partial charge in [-0.2, -0.15) is 0 Å². The molecule has 0 N–H and O–H groups in total. The number of rotatable bonds is 26. The maximum absolute atomic E-state index is 11.3. The van der Waals surface area contributed by atoms with Crippen molar-refractivity contribution in [2.75, 3.05) is 40.6 Å². The second-order valence-corrected chi connectivity index (χ2v) is 12.0. The molecule has 0 radical (unpaired) electrons. The number of ether oxygens (including phenoxy) is 6. The molecule has 0 aliphatic heterocycles. The summed E-state index contributed by atoms with van der Waals surface area (Å²) in [6, 6.07) is 15.1. The molecule has 0 atom stereocenters. The molecule has 0 aliphatic rings. The van der Waals surface area contributed by atoms with E-state index in [0.29, 0.717) is 25.4 Å². The molecule has 0 saturated heterocycles.